The molecule has 0 radical (unpaired) electrons. The number of aromatic nitrogens is 1. The van der Waals surface area contributed by atoms with Gasteiger partial charge in [0.05, 0.1) is 10.6 Å². The van der Waals surface area contributed by atoms with E-state index >= 15 is 0 Å². The molecule has 0 atom stereocenters. The van der Waals surface area contributed by atoms with Gasteiger partial charge in [-0.3, -0.25) is 15.1 Å². The average Bonchev–Trinajstić information content (AvgIpc) is 2.37. The number of hydrogen-bond acceptors (Lipinski definition) is 4. The molecule has 7 heteroatoms. The van der Waals surface area contributed by atoms with Crippen molar-refractivity contribution in [3.8, 4) is 5.75 Å². The van der Waals surface area contributed by atoms with Gasteiger partial charge in [0.25, 0.3) is 0 Å². The van der Waals surface area contributed by atoms with Crippen LogP contribution in [0.2, 0.25) is 10.0 Å². The normalized spacial score (nSPS) is 10.2. The van der Waals surface area contributed by atoms with Crippen LogP contribution in [0.4, 0.5) is 5.69 Å². The van der Waals surface area contributed by atoms with Crippen molar-refractivity contribution in [3.63, 3.8) is 0 Å². The summed E-state index contributed by atoms with van der Waals surface area (Å²) in [6.45, 7) is 0.0863. The quantitative estimate of drug-likeness (QED) is 0.635. The van der Waals surface area contributed by atoms with Gasteiger partial charge < -0.3 is 4.74 Å². The van der Waals surface area contributed by atoms with E-state index in [1.165, 1.54) is 24.4 Å². The number of benzene rings is 1. The molecule has 0 bridgehead atoms. The molecular formula is C12H8Cl2N2O3. The van der Waals surface area contributed by atoms with Gasteiger partial charge in [-0.2, -0.15) is 0 Å². The summed E-state index contributed by atoms with van der Waals surface area (Å²) < 4.78 is 5.37. The Kier molecular flexibility index (Phi) is 4.19. The molecule has 19 heavy (non-hydrogen) atoms. The van der Waals surface area contributed by atoms with Crippen molar-refractivity contribution in [3.05, 3.63) is 62.4 Å². The Morgan fingerprint density at radius 3 is 2.63 bits per heavy atom. The van der Waals surface area contributed by atoms with E-state index in [2.05, 4.69) is 4.98 Å². The first kappa shape index (κ1) is 13.6. The van der Waals surface area contributed by atoms with Crippen LogP contribution < -0.4 is 4.74 Å². The first-order valence-electron chi connectivity index (χ1n) is 5.23. The highest BCUT2D eigenvalue weighted by atomic mass is 35.5. The second-order valence-electron chi connectivity index (χ2n) is 3.62. The number of ether oxygens (including phenoxy) is 1. The second-order valence-corrected chi connectivity index (χ2v) is 4.50. The van der Waals surface area contributed by atoms with Crippen molar-refractivity contribution >= 4 is 28.9 Å². The lowest BCUT2D eigenvalue weighted by Crippen LogP contribution is -2.00. The molecule has 0 aliphatic heterocycles. The molecule has 0 aliphatic rings. The van der Waals surface area contributed by atoms with Crippen LogP contribution in [0.3, 0.4) is 0 Å². The first-order valence-corrected chi connectivity index (χ1v) is 5.99. The van der Waals surface area contributed by atoms with E-state index in [1.54, 1.807) is 12.1 Å². The Balaban J connectivity index is 2.17. The maximum absolute atomic E-state index is 10.9. The predicted molar refractivity (Wildman–Crippen MR) is 71.7 cm³/mol. The molecule has 0 unspecified atom stereocenters. The van der Waals surface area contributed by atoms with Crippen molar-refractivity contribution < 1.29 is 9.66 Å². The number of halogens is 2. The predicted octanol–water partition coefficient (Wildman–Crippen LogP) is 3.88. The van der Waals surface area contributed by atoms with Crippen molar-refractivity contribution in [2.45, 2.75) is 6.61 Å². The van der Waals surface area contributed by atoms with Crippen LogP contribution >= 0.6 is 23.2 Å². The van der Waals surface area contributed by atoms with Gasteiger partial charge in [0.15, 0.2) is 5.75 Å². The summed E-state index contributed by atoms with van der Waals surface area (Å²) in [6, 6.07) is 7.47. The average molecular weight is 299 g/mol. The molecule has 2 rings (SSSR count). The monoisotopic (exact) mass is 298 g/mol. The minimum absolute atomic E-state index is 0.0863. The number of nitro benzene ring substituents is 1. The van der Waals surface area contributed by atoms with Crippen molar-refractivity contribution in [1.82, 2.24) is 4.98 Å². The number of rotatable bonds is 4. The second kappa shape index (κ2) is 5.86. The zero-order valence-electron chi connectivity index (χ0n) is 9.55. The lowest BCUT2D eigenvalue weighted by Gasteiger charge is -2.06. The number of nitro groups is 1. The number of nitrogens with zero attached hydrogens (tertiary/aromatic N) is 2. The van der Waals surface area contributed by atoms with E-state index in [-0.39, 0.29) is 23.1 Å². The highest BCUT2D eigenvalue weighted by Crippen LogP contribution is 2.30. The molecule has 1 heterocycles. The Morgan fingerprint density at radius 2 is 1.95 bits per heavy atom. The molecule has 0 N–H and O–H groups in total. The summed E-state index contributed by atoms with van der Waals surface area (Å²) in [4.78, 5) is 14.4. The lowest BCUT2D eigenvalue weighted by atomic mass is 10.3. The topological polar surface area (TPSA) is 65.3 Å². The fourth-order valence-corrected chi connectivity index (χ4v) is 1.78. The minimum Gasteiger partial charge on any atom is -0.480 e. The van der Waals surface area contributed by atoms with Gasteiger partial charge >= 0.3 is 5.69 Å². The van der Waals surface area contributed by atoms with Gasteiger partial charge in [0, 0.05) is 22.3 Å². The molecular weight excluding hydrogens is 291 g/mol. The van der Waals surface area contributed by atoms with Crippen LogP contribution in [0.1, 0.15) is 5.69 Å². The minimum atomic E-state index is -0.549. The Hall–Kier alpha value is -1.85. The van der Waals surface area contributed by atoms with E-state index in [9.17, 15) is 10.1 Å². The van der Waals surface area contributed by atoms with Crippen LogP contribution in [0.25, 0.3) is 0 Å². The third-order valence-corrected chi connectivity index (χ3v) is 2.74. The molecule has 1 aromatic heterocycles. The number of pyridine rings is 1. The molecule has 0 saturated heterocycles. The van der Waals surface area contributed by atoms with Gasteiger partial charge in [-0.1, -0.05) is 23.2 Å². The third-order valence-electron chi connectivity index (χ3n) is 2.27. The maximum Gasteiger partial charge on any atom is 0.312 e. The summed E-state index contributed by atoms with van der Waals surface area (Å²) >= 11 is 11.5. The first-order chi connectivity index (χ1) is 9.06. The fourth-order valence-electron chi connectivity index (χ4n) is 1.43. The molecule has 0 fully saturated rings. The zero-order chi connectivity index (χ0) is 13.8. The van der Waals surface area contributed by atoms with Gasteiger partial charge in [-0.05, 0) is 24.3 Å². The summed E-state index contributed by atoms with van der Waals surface area (Å²) in [6.07, 6.45) is 1.54. The smallest absolute Gasteiger partial charge is 0.312 e. The van der Waals surface area contributed by atoms with Crippen LogP contribution in [-0.4, -0.2) is 9.91 Å². The van der Waals surface area contributed by atoms with Gasteiger partial charge in [0.1, 0.15) is 6.61 Å². The lowest BCUT2D eigenvalue weighted by molar-refractivity contribution is -0.385. The zero-order valence-corrected chi connectivity index (χ0v) is 11.1. The standard InChI is InChI=1S/C12H8Cl2N2O3/c13-8-1-2-12(11(6-8)16(17)18)19-7-10-5-9(14)3-4-15-10/h1-6H,7H2. The Bertz CT molecular complexity index is 620. The van der Waals surface area contributed by atoms with Crippen LogP contribution in [0, 0.1) is 10.1 Å². The summed E-state index contributed by atoms with van der Waals surface area (Å²) in [5, 5.41) is 11.7. The third kappa shape index (κ3) is 3.56. The molecule has 0 spiro atoms. The molecule has 5 nitrogen and oxygen atoms in total. The van der Waals surface area contributed by atoms with Crippen molar-refractivity contribution in [2.75, 3.05) is 0 Å². The van der Waals surface area contributed by atoms with Crippen LogP contribution in [0.15, 0.2) is 36.5 Å². The highest BCUT2D eigenvalue weighted by molar-refractivity contribution is 6.31. The molecule has 0 aliphatic carbocycles. The van der Waals surface area contributed by atoms with Gasteiger partial charge in [0.2, 0.25) is 0 Å². The fraction of sp³-hybridized carbons (Fsp3) is 0.0833. The van der Waals surface area contributed by atoms with E-state index in [4.69, 9.17) is 27.9 Å². The molecule has 98 valence electrons. The van der Waals surface area contributed by atoms with Gasteiger partial charge in [-0.25, -0.2) is 0 Å². The number of hydrogen-bond donors (Lipinski definition) is 0. The van der Waals surface area contributed by atoms with Crippen molar-refractivity contribution in [2.24, 2.45) is 0 Å². The highest BCUT2D eigenvalue weighted by Gasteiger charge is 2.15. The molecule has 2 aromatic rings. The summed E-state index contributed by atoms with van der Waals surface area (Å²) in [7, 11) is 0. The van der Waals surface area contributed by atoms with Crippen LogP contribution in [0.5, 0.6) is 5.75 Å². The van der Waals surface area contributed by atoms with Gasteiger partial charge in [-0.15, -0.1) is 0 Å². The summed E-state index contributed by atoms with van der Waals surface area (Å²) in [5.74, 6) is 0.135. The molecule has 0 saturated carbocycles. The molecule has 0 amide bonds. The van der Waals surface area contributed by atoms with E-state index in [0.29, 0.717) is 10.7 Å². The largest absolute Gasteiger partial charge is 0.480 e. The molecule has 1 aromatic carbocycles. The maximum atomic E-state index is 10.9. The SMILES string of the molecule is O=[N+]([O-])c1cc(Cl)ccc1OCc1cc(Cl)ccn1. The Labute approximate surface area is 118 Å². The van der Waals surface area contributed by atoms with E-state index in [1.807, 2.05) is 0 Å². The van der Waals surface area contributed by atoms with E-state index in [0.717, 1.165) is 0 Å². The van der Waals surface area contributed by atoms with E-state index < -0.39 is 4.92 Å². The Morgan fingerprint density at radius 1 is 1.21 bits per heavy atom. The summed E-state index contributed by atoms with van der Waals surface area (Å²) in [5.41, 5.74) is 0.395. The van der Waals surface area contributed by atoms with Crippen LogP contribution in [-0.2, 0) is 6.61 Å². The van der Waals surface area contributed by atoms with Crippen molar-refractivity contribution in [1.29, 1.82) is 0 Å².